The Morgan fingerprint density at radius 1 is 0.805 bits per heavy atom. The fourth-order valence-corrected chi connectivity index (χ4v) is 7.71. The average Bonchev–Trinajstić information content (AvgIpc) is 3.25. The standard InChI is InChI=1S/C31H24Cl2N2O6/c1-16(26(37)17-9-3-2-4-10-17)41-29(40)22(15-23(34)36)35-27(38)24-25(28(35)39)31(33)19-12-6-5-11-18(19)30(24,32)20-13-7-8-14-21(20)31/h2-14,16,22,24-25H,15H2,1H3,(H2,34,36)/t16-,22+,24-,25-,30?,31?/m0/s1. The van der Waals surface area contributed by atoms with E-state index in [1.807, 2.05) is 0 Å². The van der Waals surface area contributed by atoms with Gasteiger partial charge in [0, 0.05) is 5.56 Å². The molecule has 3 aromatic carbocycles. The Morgan fingerprint density at radius 2 is 1.22 bits per heavy atom. The number of ketones is 1. The summed E-state index contributed by atoms with van der Waals surface area (Å²) in [7, 11) is 0. The van der Waals surface area contributed by atoms with Crippen LogP contribution < -0.4 is 5.73 Å². The summed E-state index contributed by atoms with van der Waals surface area (Å²) in [5.74, 6) is -6.44. The number of carbonyl (C=O) groups excluding carboxylic acids is 5. The number of likely N-dealkylation sites (tertiary alicyclic amines) is 1. The van der Waals surface area contributed by atoms with Crippen LogP contribution in [0, 0.1) is 11.8 Å². The predicted molar refractivity (Wildman–Crippen MR) is 149 cm³/mol. The summed E-state index contributed by atoms with van der Waals surface area (Å²) in [6.45, 7) is 1.37. The Kier molecular flexibility index (Phi) is 6.32. The Bertz CT molecular complexity index is 1520. The first-order valence-electron chi connectivity index (χ1n) is 13.1. The van der Waals surface area contributed by atoms with Crippen molar-refractivity contribution in [1.29, 1.82) is 0 Å². The number of nitrogens with zero attached hydrogens (tertiary/aromatic N) is 1. The summed E-state index contributed by atoms with van der Waals surface area (Å²) in [5.41, 5.74) is 8.14. The van der Waals surface area contributed by atoms with E-state index in [0.717, 1.165) is 0 Å². The molecule has 2 N–H and O–H groups in total. The molecule has 10 heteroatoms. The van der Waals surface area contributed by atoms with E-state index in [1.165, 1.54) is 6.92 Å². The van der Waals surface area contributed by atoms with Gasteiger partial charge in [-0.1, -0.05) is 78.9 Å². The largest absolute Gasteiger partial charge is 0.453 e. The number of esters is 1. The number of ether oxygens (including phenoxy) is 1. The highest BCUT2D eigenvalue weighted by atomic mass is 35.5. The molecule has 4 aliphatic rings. The third-order valence-corrected chi connectivity index (χ3v) is 9.60. The third-order valence-electron chi connectivity index (χ3n) is 8.32. The normalized spacial score (nSPS) is 27.0. The molecule has 1 aliphatic heterocycles. The second-order valence-electron chi connectivity index (χ2n) is 10.5. The Morgan fingerprint density at radius 3 is 1.63 bits per heavy atom. The molecule has 0 radical (unpaired) electrons. The van der Waals surface area contributed by atoms with Crippen LogP contribution in [-0.4, -0.2) is 46.5 Å². The fourth-order valence-electron chi connectivity index (χ4n) is 6.61. The van der Waals surface area contributed by atoms with Crippen LogP contribution in [-0.2, 0) is 33.7 Å². The number of nitrogens with two attached hydrogens (primary N) is 1. The van der Waals surface area contributed by atoms with Crippen LogP contribution in [0.5, 0.6) is 0 Å². The van der Waals surface area contributed by atoms with E-state index in [9.17, 15) is 24.0 Å². The smallest absolute Gasteiger partial charge is 0.330 e. The highest BCUT2D eigenvalue weighted by molar-refractivity contribution is 6.36. The first kappa shape index (κ1) is 27.2. The molecule has 0 spiro atoms. The third kappa shape index (κ3) is 3.70. The van der Waals surface area contributed by atoms with Crippen molar-refractivity contribution in [3.63, 3.8) is 0 Å². The lowest BCUT2D eigenvalue weighted by Crippen LogP contribution is -2.57. The second-order valence-corrected chi connectivity index (χ2v) is 11.7. The van der Waals surface area contributed by atoms with E-state index in [-0.39, 0.29) is 0 Å². The molecule has 2 bridgehead atoms. The van der Waals surface area contributed by atoms with Gasteiger partial charge >= 0.3 is 5.97 Å². The zero-order valence-corrected chi connectivity index (χ0v) is 23.3. The van der Waals surface area contributed by atoms with Crippen molar-refractivity contribution in [2.24, 2.45) is 17.6 Å². The van der Waals surface area contributed by atoms with Crippen LogP contribution >= 0.6 is 23.2 Å². The van der Waals surface area contributed by atoms with Gasteiger partial charge in [-0.05, 0) is 29.2 Å². The van der Waals surface area contributed by atoms with Crippen LogP contribution in [0.3, 0.4) is 0 Å². The minimum absolute atomic E-state index is 0.305. The van der Waals surface area contributed by atoms with Crippen molar-refractivity contribution in [2.45, 2.75) is 35.2 Å². The number of carbonyl (C=O) groups is 5. The number of hydrogen-bond donors (Lipinski definition) is 1. The van der Waals surface area contributed by atoms with Gasteiger partial charge < -0.3 is 10.5 Å². The lowest BCUT2D eigenvalue weighted by molar-refractivity contribution is -0.161. The first-order chi connectivity index (χ1) is 19.5. The molecule has 0 saturated carbocycles. The van der Waals surface area contributed by atoms with Gasteiger partial charge in [0.1, 0.15) is 15.8 Å². The fraction of sp³-hybridized carbons (Fsp3) is 0.258. The quantitative estimate of drug-likeness (QED) is 0.194. The molecule has 41 heavy (non-hydrogen) atoms. The van der Waals surface area contributed by atoms with Crippen molar-refractivity contribution in [2.75, 3.05) is 0 Å². The molecule has 1 heterocycles. The van der Waals surface area contributed by atoms with Gasteiger partial charge in [0.2, 0.25) is 23.5 Å². The van der Waals surface area contributed by atoms with Gasteiger partial charge in [-0.2, -0.15) is 0 Å². The van der Waals surface area contributed by atoms with Crippen molar-refractivity contribution in [1.82, 2.24) is 4.90 Å². The first-order valence-corrected chi connectivity index (χ1v) is 13.8. The molecule has 208 valence electrons. The minimum atomic E-state index is -1.71. The Labute approximate surface area is 245 Å². The Hall–Kier alpha value is -4.01. The van der Waals surface area contributed by atoms with E-state index in [4.69, 9.17) is 33.7 Å². The SMILES string of the molecule is C[C@H](OC(=O)[C@@H](CC(N)=O)N1C(=O)[C@@H]2[C@@H](C1=O)C1(Cl)c3ccccc3C2(Cl)c2ccccc21)C(=O)c1ccccc1. The molecule has 1 saturated heterocycles. The number of rotatable bonds is 7. The zero-order valence-electron chi connectivity index (χ0n) is 21.8. The predicted octanol–water partition coefficient (Wildman–Crippen LogP) is 3.64. The molecule has 4 atom stereocenters. The van der Waals surface area contributed by atoms with Crippen LogP contribution in [0.25, 0.3) is 0 Å². The summed E-state index contributed by atoms with van der Waals surface area (Å²) >= 11 is 14.8. The van der Waals surface area contributed by atoms with E-state index in [2.05, 4.69) is 0 Å². The van der Waals surface area contributed by atoms with Crippen LogP contribution in [0.15, 0.2) is 78.9 Å². The van der Waals surface area contributed by atoms with E-state index < -0.39 is 69.6 Å². The van der Waals surface area contributed by atoms with Crippen molar-refractivity contribution >= 4 is 52.7 Å². The number of Topliss-reactive ketones (excluding diaryl/α,β-unsaturated/α-hetero) is 1. The lowest BCUT2D eigenvalue weighted by Gasteiger charge is -2.54. The highest BCUT2D eigenvalue weighted by Crippen LogP contribution is 2.69. The number of halogens is 2. The van der Waals surface area contributed by atoms with Gasteiger partial charge in [0.15, 0.2) is 6.10 Å². The maximum atomic E-state index is 14.2. The van der Waals surface area contributed by atoms with Crippen LogP contribution in [0.2, 0.25) is 0 Å². The zero-order chi connectivity index (χ0) is 29.3. The molecule has 7 rings (SSSR count). The van der Waals surface area contributed by atoms with Crippen LogP contribution in [0.1, 0.15) is 46.0 Å². The average molecular weight is 591 g/mol. The number of alkyl halides is 2. The number of benzene rings is 3. The lowest BCUT2D eigenvalue weighted by atomic mass is 9.54. The topological polar surface area (TPSA) is 124 Å². The number of imide groups is 1. The van der Waals surface area contributed by atoms with Gasteiger partial charge in [-0.15, -0.1) is 23.2 Å². The Balaban J connectivity index is 1.41. The van der Waals surface area contributed by atoms with Gasteiger partial charge in [-0.3, -0.25) is 24.1 Å². The monoisotopic (exact) mass is 590 g/mol. The summed E-state index contributed by atoms with van der Waals surface area (Å²) in [6, 6.07) is 20.7. The van der Waals surface area contributed by atoms with E-state index in [1.54, 1.807) is 78.9 Å². The maximum Gasteiger partial charge on any atom is 0.330 e. The second kappa shape index (κ2) is 9.53. The molecule has 3 amide bonds. The number of primary amides is 1. The molecule has 0 unspecified atom stereocenters. The number of hydrogen-bond acceptors (Lipinski definition) is 6. The van der Waals surface area contributed by atoms with E-state index >= 15 is 0 Å². The summed E-state index contributed by atoms with van der Waals surface area (Å²) in [6.07, 6.45) is -1.97. The van der Waals surface area contributed by atoms with Crippen molar-refractivity contribution in [3.8, 4) is 0 Å². The molecular weight excluding hydrogens is 567 g/mol. The molecule has 3 aliphatic carbocycles. The van der Waals surface area contributed by atoms with Crippen molar-refractivity contribution < 1.29 is 28.7 Å². The van der Waals surface area contributed by atoms with Gasteiger partial charge in [0.25, 0.3) is 0 Å². The minimum Gasteiger partial charge on any atom is -0.453 e. The van der Waals surface area contributed by atoms with E-state index in [0.29, 0.717) is 32.7 Å². The summed E-state index contributed by atoms with van der Waals surface area (Å²) in [5, 5.41) is 0. The van der Waals surface area contributed by atoms with Crippen LogP contribution in [0.4, 0.5) is 0 Å². The molecule has 8 nitrogen and oxygen atoms in total. The molecular formula is C31H24Cl2N2O6. The maximum absolute atomic E-state index is 14.2. The number of amides is 3. The highest BCUT2D eigenvalue weighted by Gasteiger charge is 2.74. The summed E-state index contributed by atoms with van der Waals surface area (Å²) in [4.78, 5) is 64.7. The van der Waals surface area contributed by atoms with Gasteiger partial charge in [0.05, 0.1) is 18.3 Å². The molecule has 1 fully saturated rings. The molecule has 0 aromatic heterocycles. The molecule has 3 aromatic rings. The van der Waals surface area contributed by atoms with Crippen molar-refractivity contribution in [3.05, 3.63) is 107 Å². The van der Waals surface area contributed by atoms with Gasteiger partial charge in [-0.25, -0.2) is 4.79 Å². The summed E-state index contributed by atoms with van der Waals surface area (Å²) < 4.78 is 5.43.